The molecule has 0 spiro atoms. The van der Waals surface area contributed by atoms with Crippen LogP contribution in [0.15, 0.2) is 28.9 Å². The van der Waals surface area contributed by atoms with Gasteiger partial charge in [-0.25, -0.2) is 9.37 Å². The van der Waals surface area contributed by atoms with Crippen molar-refractivity contribution in [2.24, 2.45) is 0 Å². The van der Waals surface area contributed by atoms with Crippen molar-refractivity contribution in [2.45, 2.75) is 13.3 Å². The first-order valence-electron chi connectivity index (χ1n) is 5.99. The van der Waals surface area contributed by atoms with Crippen molar-refractivity contribution < 1.29 is 13.5 Å². The van der Waals surface area contributed by atoms with E-state index in [1.165, 1.54) is 12.1 Å². The smallest absolute Gasteiger partial charge is 0.260 e. The molecular weight excluding hydrogens is 332 g/mol. The summed E-state index contributed by atoms with van der Waals surface area (Å²) in [4.78, 5) is 7.70. The Morgan fingerprint density at radius 3 is 2.80 bits per heavy atom. The van der Waals surface area contributed by atoms with Gasteiger partial charge < -0.3 is 10.1 Å². The molecule has 1 aromatic carbocycles. The van der Waals surface area contributed by atoms with Gasteiger partial charge in [0.1, 0.15) is 11.6 Å². The van der Waals surface area contributed by atoms with Gasteiger partial charge in [-0.05, 0) is 18.6 Å². The molecule has 0 saturated heterocycles. The summed E-state index contributed by atoms with van der Waals surface area (Å²) >= 11 is 3.13. The van der Waals surface area contributed by atoms with E-state index in [0.29, 0.717) is 11.0 Å². The molecule has 0 bridgehead atoms. The summed E-state index contributed by atoms with van der Waals surface area (Å²) in [7, 11) is 0. The highest BCUT2D eigenvalue weighted by atomic mass is 79.9. The first kappa shape index (κ1) is 14.6. The number of halogens is 3. The highest BCUT2D eigenvalue weighted by Crippen LogP contribution is 2.26. The van der Waals surface area contributed by atoms with Crippen molar-refractivity contribution in [3.05, 3.63) is 40.5 Å². The fourth-order valence-corrected chi connectivity index (χ4v) is 1.89. The number of anilines is 1. The van der Waals surface area contributed by atoms with Gasteiger partial charge in [0.25, 0.3) is 5.88 Å². The Morgan fingerprint density at radius 2 is 2.10 bits per heavy atom. The third-order valence-electron chi connectivity index (χ3n) is 2.30. The standard InChI is InChI=1S/C13H12BrF2N3O/c1-2-3-17-13-18-7-11(16)12(19-13)20-10-5-8(14)4-9(15)6-10/h4-7H,2-3H2,1H3,(H,17,18,19). The maximum atomic E-state index is 13.6. The molecule has 0 aliphatic rings. The molecule has 4 nitrogen and oxygen atoms in total. The number of nitrogens with one attached hydrogen (secondary N) is 1. The third kappa shape index (κ3) is 3.86. The molecule has 0 atom stereocenters. The average Bonchev–Trinajstić information content (AvgIpc) is 2.38. The number of nitrogens with zero attached hydrogens (tertiary/aromatic N) is 2. The van der Waals surface area contributed by atoms with Crippen LogP contribution >= 0.6 is 15.9 Å². The van der Waals surface area contributed by atoms with Crippen LogP contribution in [0.4, 0.5) is 14.7 Å². The number of rotatable bonds is 5. The average molecular weight is 344 g/mol. The lowest BCUT2D eigenvalue weighted by atomic mass is 10.3. The van der Waals surface area contributed by atoms with Crippen LogP contribution < -0.4 is 10.1 Å². The molecule has 2 rings (SSSR count). The summed E-state index contributed by atoms with van der Waals surface area (Å²) in [5.74, 6) is -1.05. The third-order valence-corrected chi connectivity index (χ3v) is 2.75. The maximum absolute atomic E-state index is 13.6. The second kappa shape index (κ2) is 6.60. The van der Waals surface area contributed by atoms with Gasteiger partial charge in [0.2, 0.25) is 11.8 Å². The van der Waals surface area contributed by atoms with Gasteiger partial charge in [-0.1, -0.05) is 22.9 Å². The summed E-state index contributed by atoms with van der Waals surface area (Å²) in [5, 5.41) is 2.92. The van der Waals surface area contributed by atoms with Crippen LogP contribution in [0.5, 0.6) is 11.6 Å². The number of benzene rings is 1. The SMILES string of the molecule is CCCNc1ncc(F)c(Oc2cc(F)cc(Br)c2)n1. The molecule has 0 aliphatic carbocycles. The molecule has 2 aromatic rings. The molecule has 0 saturated carbocycles. The lowest BCUT2D eigenvalue weighted by Crippen LogP contribution is -2.05. The Bertz CT molecular complexity index is 590. The molecule has 0 radical (unpaired) electrons. The molecule has 0 fully saturated rings. The van der Waals surface area contributed by atoms with Crippen molar-refractivity contribution in [3.63, 3.8) is 0 Å². The lowest BCUT2D eigenvalue weighted by Gasteiger charge is -2.08. The largest absolute Gasteiger partial charge is 0.436 e. The van der Waals surface area contributed by atoms with Crippen LogP contribution in [0.1, 0.15) is 13.3 Å². The Morgan fingerprint density at radius 1 is 1.30 bits per heavy atom. The van der Waals surface area contributed by atoms with Gasteiger partial charge >= 0.3 is 0 Å². The van der Waals surface area contributed by atoms with Crippen molar-refractivity contribution in [2.75, 3.05) is 11.9 Å². The normalized spacial score (nSPS) is 10.4. The molecule has 20 heavy (non-hydrogen) atoms. The minimum Gasteiger partial charge on any atom is -0.436 e. The Kier molecular flexibility index (Phi) is 4.84. The maximum Gasteiger partial charge on any atom is 0.260 e. The number of ether oxygens (including phenoxy) is 1. The molecule has 7 heteroatoms. The fraction of sp³-hybridized carbons (Fsp3) is 0.231. The molecule has 0 unspecified atom stereocenters. The second-order valence-electron chi connectivity index (χ2n) is 3.98. The quantitative estimate of drug-likeness (QED) is 0.886. The van der Waals surface area contributed by atoms with E-state index in [2.05, 4.69) is 31.2 Å². The van der Waals surface area contributed by atoms with E-state index >= 15 is 0 Å². The molecule has 1 aromatic heterocycles. The summed E-state index contributed by atoms with van der Waals surface area (Å²) in [5.41, 5.74) is 0. The zero-order valence-corrected chi connectivity index (χ0v) is 12.2. The predicted octanol–water partition coefficient (Wildman–Crippen LogP) is 4.13. The Labute approximate surface area is 123 Å². The molecule has 106 valence electrons. The van der Waals surface area contributed by atoms with Gasteiger partial charge in [-0.3, -0.25) is 0 Å². The van der Waals surface area contributed by atoms with Crippen LogP contribution in [-0.4, -0.2) is 16.5 Å². The van der Waals surface area contributed by atoms with Gasteiger partial charge in [0, 0.05) is 17.1 Å². The molecular formula is C13H12BrF2N3O. The predicted molar refractivity (Wildman–Crippen MR) is 74.9 cm³/mol. The van der Waals surface area contributed by atoms with Gasteiger partial charge in [-0.2, -0.15) is 9.37 Å². The number of hydrogen-bond acceptors (Lipinski definition) is 4. The molecule has 0 aliphatic heterocycles. The zero-order chi connectivity index (χ0) is 14.5. The van der Waals surface area contributed by atoms with Crippen molar-refractivity contribution >= 4 is 21.9 Å². The summed E-state index contributed by atoms with van der Waals surface area (Å²) < 4.78 is 32.6. The topological polar surface area (TPSA) is 47.0 Å². The fourth-order valence-electron chi connectivity index (χ4n) is 1.44. The molecule has 1 N–H and O–H groups in total. The van der Waals surface area contributed by atoms with Crippen LogP contribution in [-0.2, 0) is 0 Å². The minimum absolute atomic E-state index is 0.149. The first-order valence-corrected chi connectivity index (χ1v) is 6.78. The van der Waals surface area contributed by atoms with Crippen LogP contribution in [0, 0.1) is 11.6 Å². The van der Waals surface area contributed by atoms with Gasteiger partial charge in [0.15, 0.2) is 0 Å². The van der Waals surface area contributed by atoms with E-state index in [-0.39, 0.29) is 17.6 Å². The second-order valence-corrected chi connectivity index (χ2v) is 4.90. The Hall–Kier alpha value is -1.76. The lowest BCUT2D eigenvalue weighted by molar-refractivity contribution is 0.417. The van der Waals surface area contributed by atoms with Crippen molar-refractivity contribution in [3.8, 4) is 11.6 Å². The van der Waals surface area contributed by atoms with Gasteiger partial charge in [0.05, 0.1) is 6.20 Å². The summed E-state index contributed by atoms with van der Waals surface area (Å²) in [6.45, 7) is 2.65. The van der Waals surface area contributed by atoms with Crippen LogP contribution in [0.25, 0.3) is 0 Å². The number of hydrogen-bond donors (Lipinski definition) is 1. The van der Waals surface area contributed by atoms with Crippen LogP contribution in [0.2, 0.25) is 0 Å². The van der Waals surface area contributed by atoms with Gasteiger partial charge in [-0.15, -0.1) is 0 Å². The summed E-state index contributed by atoms with van der Waals surface area (Å²) in [6.07, 6.45) is 1.89. The first-order chi connectivity index (χ1) is 9.58. The number of aromatic nitrogens is 2. The van der Waals surface area contributed by atoms with E-state index in [9.17, 15) is 8.78 Å². The minimum atomic E-state index is -0.715. The monoisotopic (exact) mass is 343 g/mol. The summed E-state index contributed by atoms with van der Waals surface area (Å²) in [6, 6.07) is 3.94. The van der Waals surface area contributed by atoms with Crippen LogP contribution in [0.3, 0.4) is 0 Å². The molecule has 1 heterocycles. The highest BCUT2D eigenvalue weighted by molar-refractivity contribution is 9.10. The van der Waals surface area contributed by atoms with Crippen molar-refractivity contribution in [1.82, 2.24) is 9.97 Å². The van der Waals surface area contributed by atoms with E-state index in [0.717, 1.165) is 18.7 Å². The van der Waals surface area contributed by atoms with E-state index in [1.807, 2.05) is 6.92 Å². The molecule has 0 amide bonds. The Balaban J connectivity index is 2.23. The van der Waals surface area contributed by atoms with E-state index < -0.39 is 11.6 Å². The van der Waals surface area contributed by atoms with Crippen molar-refractivity contribution in [1.29, 1.82) is 0 Å². The van der Waals surface area contributed by atoms with E-state index in [1.54, 1.807) is 0 Å². The van der Waals surface area contributed by atoms with E-state index in [4.69, 9.17) is 4.74 Å². The zero-order valence-electron chi connectivity index (χ0n) is 10.7. The highest BCUT2D eigenvalue weighted by Gasteiger charge is 2.10.